The third-order valence-electron chi connectivity index (χ3n) is 4.68. The molecule has 0 saturated heterocycles. The van der Waals surface area contributed by atoms with Gasteiger partial charge in [-0.25, -0.2) is 0 Å². The quantitative estimate of drug-likeness (QED) is 0.196. The molecule has 0 aliphatic heterocycles. The smallest absolute Gasteiger partial charge is 0.184 e. The van der Waals surface area contributed by atoms with Crippen LogP contribution >= 0.6 is 0 Å². The molecule has 0 fully saturated rings. The van der Waals surface area contributed by atoms with Crippen LogP contribution in [0.2, 0.25) is 38.4 Å². The molecule has 0 aromatic rings. The Morgan fingerprint density at radius 3 is 1.58 bits per heavy atom. The summed E-state index contributed by atoms with van der Waals surface area (Å²) in [6, 6.07) is 0. The van der Waals surface area contributed by atoms with Gasteiger partial charge in [-0.05, 0) is 31.6 Å². The van der Waals surface area contributed by atoms with Crippen molar-refractivity contribution in [3.63, 3.8) is 0 Å². The van der Waals surface area contributed by atoms with Gasteiger partial charge in [-0.2, -0.15) is 0 Å². The molecule has 0 heterocycles. The maximum Gasteiger partial charge on any atom is 0.184 e. The van der Waals surface area contributed by atoms with Gasteiger partial charge in [0.15, 0.2) is 8.32 Å². The van der Waals surface area contributed by atoms with Gasteiger partial charge in [0.05, 0.1) is 0 Å². The van der Waals surface area contributed by atoms with Crippen LogP contribution in [0.4, 0.5) is 0 Å². The highest BCUT2D eigenvalue weighted by atomic mass is 28.4. The van der Waals surface area contributed by atoms with Gasteiger partial charge in [-0.3, -0.25) is 0 Å². The molecule has 0 aliphatic carbocycles. The van der Waals surface area contributed by atoms with Crippen LogP contribution in [-0.4, -0.2) is 22.5 Å². The Bertz CT molecular complexity index is 284. The lowest BCUT2D eigenvalue weighted by molar-refractivity contribution is 0.167. The summed E-state index contributed by atoms with van der Waals surface area (Å²) in [5, 5.41) is 0. The average Bonchev–Trinajstić information content (AvgIpc) is 2.42. The van der Waals surface area contributed by atoms with Crippen molar-refractivity contribution in [2.45, 2.75) is 135 Å². The van der Waals surface area contributed by atoms with E-state index in [1.807, 2.05) is 0 Å². The molecule has 146 valence electrons. The Balaban J connectivity index is 3.92. The molecule has 24 heavy (non-hydrogen) atoms. The first kappa shape index (κ1) is 24.4. The maximum absolute atomic E-state index is 6.70. The zero-order valence-electron chi connectivity index (χ0n) is 18.2. The van der Waals surface area contributed by atoms with Gasteiger partial charge in [0.25, 0.3) is 0 Å². The molecule has 0 saturated carbocycles. The fourth-order valence-electron chi connectivity index (χ4n) is 4.04. The number of hydrogen-bond donors (Lipinski definition) is 0. The fourth-order valence-corrected chi connectivity index (χ4v) is 15.7. The van der Waals surface area contributed by atoms with E-state index in [-0.39, 0.29) is 0 Å². The van der Waals surface area contributed by atoms with Crippen LogP contribution in [0, 0.1) is 0 Å². The molecule has 3 heteroatoms. The Morgan fingerprint density at radius 1 is 0.625 bits per heavy atom. The van der Waals surface area contributed by atoms with E-state index < -0.39 is 16.4 Å². The second kappa shape index (κ2) is 13.6. The minimum absolute atomic E-state index is 0.539. The zero-order chi connectivity index (χ0) is 18.5. The van der Waals surface area contributed by atoms with E-state index in [0.717, 1.165) is 0 Å². The summed E-state index contributed by atoms with van der Waals surface area (Å²) in [5.74, 6) is 0. The van der Waals surface area contributed by atoms with Crippen LogP contribution in [0.15, 0.2) is 0 Å². The Kier molecular flexibility index (Phi) is 13.8. The van der Waals surface area contributed by atoms with Gasteiger partial charge in [-0.1, -0.05) is 97.7 Å². The number of rotatable bonds is 16. The Hall–Kier alpha value is 0.394. The van der Waals surface area contributed by atoms with Crippen molar-refractivity contribution in [3.05, 3.63) is 0 Å². The predicted molar refractivity (Wildman–Crippen MR) is 117 cm³/mol. The topological polar surface area (TPSA) is 9.23 Å². The molecule has 0 rings (SSSR count). The summed E-state index contributed by atoms with van der Waals surface area (Å²) in [5.41, 5.74) is 1.40. The molecule has 0 spiro atoms. The van der Waals surface area contributed by atoms with E-state index in [0.29, 0.717) is 6.10 Å². The van der Waals surface area contributed by atoms with E-state index in [9.17, 15) is 0 Å². The van der Waals surface area contributed by atoms with Crippen molar-refractivity contribution < 1.29 is 4.43 Å². The van der Waals surface area contributed by atoms with E-state index in [1.165, 1.54) is 82.7 Å². The molecule has 0 aliphatic rings. The average molecular weight is 373 g/mol. The summed E-state index contributed by atoms with van der Waals surface area (Å²) in [6.45, 7) is 17.0. The van der Waals surface area contributed by atoms with Crippen LogP contribution in [0.3, 0.4) is 0 Å². The molecular weight excluding hydrogens is 324 g/mol. The third kappa shape index (κ3) is 15.9. The monoisotopic (exact) mass is 372 g/mol. The van der Waals surface area contributed by atoms with Crippen molar-refractivity contribution in [3.8, 4) is 0 Å². The second-order valence-corrected chi connectivity index (χ2v) is 19.9. The molecule has 0 N–H and O–H groups in total. The SMILES string of the molecule is CCCCCCCCCCCC(CCC)O[Si](C)(C)C[Si](C)(C)C. The van der Waals surface area contributed by atoms with Crippen LogP contribution in [-0.2, 0) is 4.43 Å². The van der Waals surface area contributed by atoms with Crippen molar-refractivity contribution in [1.82, 2.24) is 0 Å². The van der Waals surface area contributed by atoms with E-state index in [1.54, 1.807) is 0 Å². The predicted octanol–water partition coefficient (Wildman–Crippen LogP) is 8.18. The molecule has 1 atom stereocenters. The lowest BCUT2D eigenvalue weighted by atomic mass is 10.0. The van der Waals surface area contributed by atoms with Crippen molar-refractivity contribution in [2.75, 3.05) is 0 Å². The van der Waals surface area contributed by atoms with E-state index >= 15 is 0 Å². The number of hydrogen-bond acceptors (Lipinski definition) is 1. The van der Waals surface area contributed by atoms with E-state index in [2.05, 4.69) is 46.6 Å². The van der Waals surface area contributed by atoms with Crippen molar-refractivity contribution in [2.24, 2.45) is 0 Å². The highest BCUT2D eigenvalue weighted by Gasteiger charge is 2.32. The minimum Gasteiger partial charge on any atom is -0.415 e. The van der Waals surface area contributed by atoms with Gasteiger partial charge in [-0.15, -0.1) is 0 Å². The van der Waals surface area contributed by atoms with Gasteiger partial charge >= 0.3 is 0 Å². The highest BCUT2D eigenvalue weighted by Crippen LogP contribution is 2.25. The second-order valence-electron chi connectivity index (χ2n) is 9.64. The maximum atomic E-state index is 6.70. The van der Waals surface area contributed by atoms with Crippen molar-refractivity contribution in [1.29, 1.82) is 0 Å². The standard InChI is InChI=1S/C21H48OSi2/c1-8-10-11-12-13-14-15-16-17-19-21(18-9-2)22-24(6,7)20-23(3,4)5/h21H,8-20H2,1-7H3. The van der Waals surface area contributed by atoms with Gasteiger partial charge in [0.1, 0.15) is 0 Å². The molecule has 0 bridgehead atoms. The normalized spacial score (nSPS) is 14.1. The molecule has 1 unspecified atom stereocenters. The molecule has 0 radical (unpaired) electrons. The number of unbranched alkanes of at least 4 members (excludes halogenated alkanes) is 8. The first-order chi connectivity index (χ1) is 11.2. The summed E-state index contributed by atoms with van der Waals surface area (Å²) in [7, 11) is -2.48. The Labute approximate surface area is 156 Å². The molecular formula is C21H48OSi2. The Morgan fingerprint density at radius 2 is 1.12 bits per heavy atom. The largest absolute Gasteiger partial charge is 0.415 e. The zero-order valence-corrected chi connectivity index (χ0v) is 20.2. The fraction of sp³-hybridized carbons (Fsp3) is 1.00. The van der Waals surface area contributed by atoms with Crippen LogP contribution in [0.1, 0.15) is 90.9 Å². The first-order valence-electron chi connectivity index (χ1n) is 10.9. The third-order valence-corrected chi connectivity index (χ3v) is 13.3. The summed E-state index contributed by atoms with van der Waals surface area (Å²) in [4.78, 5) is 0. The van der Waals surface area contributed by atoms with E-state index in [4.69, 9.17) is 4.43 Å². The molecule has 0 aromatic heterocycles. The van der Waals surface area contributed by atoms with Gasteiger partial charge < -0.3 is 4.43 Å². The molecule has 1 nitrogen and oxygen atoms in total. The minimum atomic E-state index is -1.47. The first-order valence-corrected chi connectivity index (χ1v) is 17.7. The lowest BCUT2D eigenvalue weighted by Gasteiger charge is -2.33. The summed E-state index contributed by atoms with van der Waals surface area (Å²) < 4.78 is 6.70. The van der Waals surface area contributed by atoms with Crippen LogP contribution in [0.5, 0.6) is 0 Å². The van der Waals surface area contributed by atoms with Gasteiger partial charge in [0, 0.05) is 14.2 Å². The highest BCUT2D eigenvalue weighted by molar-refractivity contribution is 6.92. The van der Waals surface area contributed by atoms with Crippen molar-refractivity contribution >= 4 is 16.4 Å². The molecule has 0 aromatic carbocycles. The summed E-state index contributed by atoms with van der Waals surface area (Å²) in [6.07, 6.45) is 17.1. The lowest BCUT2D eigenvalue weighted by Crippen LogP contribution is -2.42. The van der Waals surface area contributed by atoms with Crippen LogP contribution < -0.4 is 0 Å². The van der Waals surface area contributed by atoms with Crippen LogP contribution in [0.25, 0.3) is 0 Å². The molecule has 0 amide bonds. The van der Waals surface area contributed by atoms with Gasteiger partial charge in [0.2, 0.25) is 0 Å². The summed E-state index contributed by atoms with van der Waals surface area (Å²) >= 11 is 0.